The minimum absolute atomic E-state index is 0.0179. The molecular formula is C27H29N3O2S. The molecule has 3 aromatic rings. The Bertz CT molecular complexity index is 1060. The Labute approximate surface area is 199 Å². The first-order valence-electron chi connectivity index (χ1n) is 11.3. The minimum Gasteiger partial charge on any atom is -0.368 e. The quantitative estimate of drug-likeness (QED) is 0.509. The Kier molecular flexibility index (Phi) is 7.68. The van der Waals surface area contributed by atoms with Crippen LogP contribution in [0.1, 0.15) is 22.8 Å². The van der Waals surface area contributed by atoms with Gasteiger partial charge in [0.05, 0.1) is 5.75 Å². The van der Waals surface area contributed by atoms with E-state index in [9.17, 15) is 9.59 Å². The molecule has 6 heteroatoms. The van der Waals surface area contributed by atoms with Gasteiger partial charge in [-0.05, 0) is 60.5 Å². The number of anilines is 2. The lowest BCUT2D eigenvalue weighted by molar-refractivity contribution is -0.113. The van der Waals surface area contributed by atoms with Gasteiger partial charge in [0, 0.05) is 48.0 Å². The molecule has 1 fully saturated rings. The van der Waals surface area contributed by atoms with Crippen molar-refractivity contribution < 1.29 is 9.59 Å². The third kappa shape index (κ3) is 6.17. The van der Waals surface area contributed by atoms with E-state index < -0.39 is 0 Å². The molecule has 1 heterocycles. The number of carbonyl (C=O) groups excluding carboxylic acids is 2. The maximum absolute atomic E-state index is 12.8. The molecule has 0 radical (unpaired) electrons. The highest BCUT2D eigenvalue weighted by atomic mass is 32.2. The summed E-state index contributed by atoms with van der Waals surface area (Å²) < 4.78 is 0. The molecule has 0 spiro atoms. The van der Waals surface area contributed by atoms with E-state index in [0.29, 0.717) is 18.8 Å². The van der Waals surface area contributed by atoms with Crippen LogP contribution in [0.4, 0.5) is 11.4 Å². The number of rotatable bonds is 7. The van der Waals surface area contributed by atoms with Gasteiger partial charge in [-0.1, -0.05) is 37.3 Å². The number of nitrogens with one attached hydrogen (secondary N) is 1. The van der Waals surface area contributed by atoms with E-state index in [4.69, 9.17) is 0 Å². The molecule has 0 atom stereocenters. The lowest BCUT2D eigenvalue weighted by atomic mass is 10.1. The molecular weight excluding hydrogens is 430 g/mol. The molecule has 4 rings (SSSR count). The monoisotopic (exact) mass is 459 g/mol. The van der Waals surface area contributed by atoms with Gasteiger partial charge >= 0.3 is 0 Å². The van der Waals surface area contributed by atoms with E-state index >= 15 is 0 Å². The van der Waals surface area contributed by atoms with Crippen LogP contribution < -0.4 is 10.2 Å². The van der Waals surface area contributed by atoms with Gasteiger partial charge in [0.1, 0.15) is 0 Å². The highest BCUT2D eigenvalue weighted by Gasteiger charge is 2.22. The molecule has 0 aliphatic carbocycles. The Morgan fingerprint density at radius 1 is 0.848 bits per heavy atom. The number of nitrogens with zero attached hydrogens (tertiary/aromatic N) is 2. The second-order valence-electron chi connectivity index (χ2n) is 8.03. The van der Waals surface area contributed by atoms with Crippen molar-refractivity contribution in [2.24, 2.45) is 0 Å². The predicted molar refractivity (Wildman–Crippen MR) is 136 cm³/mol. The van der Waals surface area contributed by atoms with Crippen LogP contribution in [0, 0.1) is 0 Å². The molecule has 0 bridgehead atoms. The van der Waals surface area contributed by atoms with Crippen molar-refractivity contribution in [1.29, 1.82) is 0 Å². The SMILES string of the molecule is CCc1ccc(C(=O)N2CCN(c3ccc(NC(=O)CSc4ccccc4)cc3)CC2)cc1. The van der Waals surface area contributed by atoms with E-state index in [2.05, 4.69) is 17.1 Å². The Hall–Kier alpha value is -3.25. The maximum Gasteiger partial charge on any atom is 0.253 e. The van der Waals surface area contributed by atoms with Crippen LogP contribution in [0.2, 0.25) is 0 Å². The van der Waals surface area contributed by atoms with Crippen LogP contribution in [0.25, 0.3) is 0 Å². The van der Waals surface area contributed by atoms with Crippen molar-refractivity contribution in [2.45, 2.75) is 18.2 Å². The van der Waals surface area contributed by atoms with Gasteiger partial charge in [-0.3, -0.25) is 9.59 Å². The fraction of sp³-hybridized carbons (Fsp3) is 0.259. The van der Waals surface area contributed by atoms with Crippen molar-refractivity contribution >= 4 is 35.0 Å². The second-order valence-corrected chi connectivity index (χ2v) is 9.08. The normalized spacial score (nSPS) is 13.6. The number of carbonyl (C=O) groups is 2. The first-order valence-corrected chi connectivity index (χ1v) is 12.3. The Morgan fingerprint density at radius 3 is 2.15 bits per heavy atom. The summed E-state index contributed by atoms with van der Waals surface area (Å²) in [6.45, 7) is 5.09. The minimum atomic E-state index is -0.0179. The van der Waals surface area contributed by atoms with E-state index in [1.165, 1.54) is 17.3 Å². The van der Waals surface area contributed by atoms with Crippen LogP contribution in [0.5, 0.6) is 0 Å². The average molecular weight is 460 g/mol. The largest absolute Gasteiger partial charge is 0.368 e. The third-order valence-electron chi connectivity index (χ3n) is 5.81. The first kappa shape index (κ1) is 22.9. The lowest BCUT2D eigenvalue weighted by Crippen LogP contribution is -2.48. The standard InChI is InChI=1S/C27H29N3O2S/c1-2-21-8-10-22(11-9-21)27(32)30-18-16-29(17-19-30)24-14-12-23(13-15-24)28-26(31)20-33-25-6-4-3-5-7-25/h3-15H,2,16-20H2,1H3,(H,28,31). The van der Waals surface area contributed by atoms with Crippen molar-refractivity contribution in [3.63, 3.8) is 0 Å². The van der Waals surface area contributed by atoms with Crippen LogP contribution in [-0.4, -0.2) is 48.6 Å². The molecule has 1 N–H and O–H groups in total. The van der Waals surface area contributed by atoms with Crippen molar-refractivity contribution in [3.8, 4) is 0 Å². The number of piperazine rings is 1. The molecule has 0 saturated carbocycles. The zero-order valence-corrected chi connectivity index (χ0v) is 19.7. The van der Waals surface area contributed by atoms with Crippen molar-refractivity contribution in [3.05, 3.63) is 90.0 Å². The summed E-state index contributed by atoms with van der Waals surface area (Å²) in [5, 5.41) is 2.96. The summed E-state index contributed by atoms with van der Waals surface area (Å²) in [7, 11) is 0. The summed E-state index contributed by atoms with van der Waals surface area (Å²) in [5.74, 6) is 0.461. The smallest absolute Gasteiger partial charge is 0.253 e. The van der Waals surface area contributed by atoms with Gasteiger partial charge in [0.25, 0.3) is 5.91 Å². The molecule has 5 nitrogen and oxygen atoms in total. The zero-order chi connectivity index (χ0) is 23.0. The summed E-state index contributed by atoms with van der Waals surface area (Å²) in [5.41, 5.74) is 3.89. The summed E-state index contributed by atoms with van der Waals surface area (Å²) in [6.07, 6.45) is 0.974. The van der Waals surface area contributed by atoms with Gasteiger partial charge in [-0.25, -0.2) is 0 Å². The number of amides is 2. The number of thioether (sulfide) groups is 1. The number of aryl methyl sites for hydroxylation is 1. The first-order chi connectivity index (χ1) is 16.1. The van der Waals surface area contributed by atoms with Crippen molar-refractivity contribution in [2.75, 3.05) is 42.1 Å². The number of benzene rings is 3. The molecule has 2 amide bonds. The van der Waals surface area contributed by atoms with Crippen molar-refractivity contribution in [1.82, 2.24) is 4.90 Å². The topological polar surface area (TPSA) is 52.7 Å². The number of hydrogen-bond acceptors (Lipinski definition) is 4. The van der Waals surface area contributed by atoms with Gasteiger partial charge in [0.2, 0.25) is 5.91 Å². The average Bonchev–Trinajstić information content (AvgIpc) is 2.88. The lowest BCUT2D eigenvalue weighted by Gasteiger charge is -2.36. The molecule has 1 aliphatic rings. The van der Waals surface area contributed by atoms with Crippen LogP contribution in [0.3, 0.4) is 0 Å². The number of hydrogen-bond donors (Lipinski definition) is 1. The fourth-order valence-electron chi connectivity index (χ4n) is 3.85. The molecule has 33 heavy (non-hydrogen) atoms. The fourth-order valence-corrected chi connectivity index (χ4v) is 4.57. The summed E-state index contributed by atoms with van der Waals surface area (Å²) in [4.78, 5) is 30.3. The molecule has 0 aromatic heterocycles. The zero-order valence-electron chi connectivity index (χ0n) is 18.9. The van der Waals surface area contributed by atoms with Gasteiger partial charge in [0.15, 0.2) is 0 Å². The second kappa shape index (κ2) is 11.1. The molecule has 170 valence electrons. The van der Waals surface area contributed by atoms with E-state index in [-0.39, 0.29) is 11.8 Å². The predicted octanol–water partition coefficient (Wildman–Crippen LogP) is 4.94. The van der Waals surface area contributed by atoms with Crippen LogP contribution in [-0.2, 0) is 11.2 Å². The molecule has 3 aromatic carbocycles. The Balaban J connectivity index is 1.25. The molecule has 1 saturated heterocycles. The van der Waals surface area contributed by atoms with Crippen LogP contribution >= 0.6 is 11.8 Å². The summed E-state index contributed by atoms with van der Waals surface area (Å²) in [6, 6.07) is 25.8. The summed E-state index contributed by atoms with van der Waals surface area (Å²) >= 11 is 1.52. The van der Waals surface area contributed by atoms with Crippen LogP contribution in [0.15, 0.2) is 83.8 Å². The highest BCUT2D eigenvalue weighted by molar-refractivity contribution is 8.00. The van der Waals surface area contributed by atoms with Gasteiger partial charge < -0.3 is 15.1 Å². The molecule has 1 aliphatic heterocycles. The molecule has 0 unspecified atom stereocenters. The highest BCUT2D eigenvalue weighted by Crippen LogP contribution is 2.21. The van der Waals surface area contributed by atoms with E-state index in [0.717, 1.165) is 41.3 Å². The Morgan fingerprint density at radius 2 is 1.52 bits per heavy atom. The van der Waals surface area contributed by atoms with Gasteiger partial charge in [-0.15, -0.1) is 11.8 Å². The van der Waals surface area contributed by atoms with E-state index in [1.54, 1.807) is 0 Å². The third-order valence-corrected chi connectivity index (χ3v) is 6.82. The van der Waals surface area contributed by atoms with Gasteiger partial charge in [-0.2, -0.15) is 0 Å². The van der Waals surface area contributed by atoms with E-state index in [1.807, 2.05) is 83.8 Å². The maximum atomic E-state index is 12.8.